The zero-order chi connectivity index (χ0) is 13.2. The SMILES string of the molecule is Cn1nc(-c2ccc(Br)cc2)nc1-c1ccccn1. The molecule has 2 heterocycles. The third-order valence-corrected chi connectivity index (χ3v) is 3.29. The van der Waals surface area contributed by atoms with Crippen LogP contribution in [0.1, 0.15) is 0 Å². The Kier molecular flexibility index (Phi) is 3.13. The number of benzene rings is 1. The van der Waals surface area contributed by atoms with Crippen molar-refractivity contribution in [3.05, 3.63) is 53.1 Å². The van der Waals surface area contributed by atoms with Gasteiger partial charge in [-0.05, 0) is 24.3 Å². The Morgan fingerprint density at radius 1 is 1.05 bits per heavy atom. The highest BCUT2D eigenvalue weighted by Gasteiger charge is 2.11. The number of aryl methyl sites for hydroxylation is 1. The lowest BCUT2D eigenvalue weighted by Gasteiger charge is -1.96. The third-order valence-electron chi connectivity index (χ3n) is 2.76. The maximum absolute atomic E-state index is 4.55. The van der Waals surface area contributed by atoms with Gasteiger partial charge in [0.15, 0.2) is 11.6 Å². The predicted octanol–water partition coefficient (Wildman–Crippen LogP) is 3.31. The van der Waals surface area contributed by atoms with Gasteiger partial charge in [0.1, 0.15) is 5.69 Å². The van der Waals surface area contributed by atoms with E-state index in [-0.39, 0.29) is 0 Å². The van der Waals surface area contributed by atoms with Crippen LogP contribution in [-0.2, 0) is 7.05 Å². The van der Waals surface area contributed by atoms with Gasteiger partial charge >= 0.3 is 0 Å². The largest absolute Gasteiger partial charge is 0.253 e. The van der Waals surface area contributed by atoms with E-state index in [2.05, 4.69) is 31.0 Å². The summed E-state index contributed by atoms with van der Waals surface area (Å²) in [6.07, 6.45) is 1.75. The minimum atomic E-state index is 0.704. The van der Waals surface area contributed by atoms with Gasteiger partial charge in [0, 0.05) is 23.3 Å². The molecule has 5 heteroatoms. The highest BCUT2D eigenvalue weighted by molar-refractivity contribution is 9.10. The van der Waals surface area contributed by atoms with Crippen molar-refractivity contribution in [2.75, 3.05) is 0 Å². The molecule has 0 aliphatic heterocycles. The van der Waals surface area contributed by atoms with Crippen LogP contribution in [0.25, 0.3) is 22.9 Å². The van der Waals surface area contributed by atoms with Crippen LogP contribution in [0.5, 0.6) is 0 Å². The van der Waals surface area contributed by atoms with Crippen LogP contribution in [-0.4, -0.2) is 19.7 Å². The summed E-state index contributed by atoms with van der Waals surface area (Å²) < 4.78 is 2.79. The summed E-state index contributed by atoms with van der Waals surface area (Å²) in [6, 6.07) is 13.7. The van der Waals surface area contributed by atoms with E-state index in [4.69, 9.17) is 0 Å². The van der Waals surface area contributed by atoms with Crippen molar-refractivity contribution < 1.29 is 0 Å². The fraction of sp³-hybridized carbons (Fsp3) is 0.0714. The second-order valence-corrected chi connectivity index (χ2v) is 5.02. The van der Waals surface area contributed by atoms with Gasteiger partial charge in [0.2, 0.25) is 0 Å². The second-order valence-electron chi connectivity index (χ2n) is 4.10. The van der Waals surface area contributed by atoms with Crippen LogP contribution >= 0.6 is 15.9 Å². The van der Waals surface area contributed by atoms with Crippen molar-refractivity contribution in [1.29, 1.82) is 0 Å². The molecule has 0 aliphatic rings. The first kappa shape index (κ1) is 12.0. The molecule has 1 aromatic carbocycles. The molecule has 4 nitrogen and oxygen atoms in total. The van der Waals surface area contributed by atoms with Crippen molar-refractivity contribution in [1.82, 2.24) is 19.7 Å². The Labute approximate surface area is 119 Å². The molecule has 94 valence electrons. The Bertz CT molecular complexity index is 689. The van der Waals surface area contributed by atoms with Crippen molar-refractivity contribution in [2.45, 2.75) is 0 Å². The molecule has 0 unspecified atom stereocenters. The zero-order valence-corrected chi connectivity index (χ0v) is 11.9. The summed E-state index contributed by atoms with van der Waals surface area (Å²) in [6.45, 7) is 0. The normalized spacial score (nSPS) is 10.6. The van der Waals surface area contributed by atoms with Crippen LogP contribution in [0.2, 0.25) is 0 Å². The van der Waals surface area contributed by atoms with Gasteiger partial charge in [-0.3, -0.25) is 4.98 Å². The Morgan fingerprint density at radius 2 is 1.84 bits per heavy atom. The van der Waals surface area contributed by atoms with Crippen LogP contribution < -0.4 is 0 Å². The summed E-state index contributed by atoms with van der Waals surface area (Å²) in [5.41, 5.74) is 1.81. The van der Waals surface area contributed by atoms with E-state index in [9.17, 15) is 0 Å². The van der Waals surface area contributed by atoms with E-state index in [1.807, 2.05) is 49.5 Å². The number of nitrogens with zero attached hydrogens (tertiary/aromatic N) is 4. The third kappa shape index (κ3) is 2.42. The maximum Gasteiger partial charge on any atom is 0.181 e. The van der Waals surface area contributed by atoms with Gasteiger partial charge < -0.3 is 0 Å². The van der Waals surface area contributed by atoms with E-state index in [0.717, 1.165) is 21.6 Å². The first-order valence-corrected chi connectivity index (χ1v) is 6.62. The predicted molar refractivity (Wildman–Crippen MR) is 77.4 cm³/mol. The molecule has 0 saturated heterocycles. The molecule has 2 aromatic heterocycles. The molecule has 0 spiro atoms. The lowest BCUT2D eigenvalue weighted by molar-refractivity contribution is 0.774. The van der Waals surface area contributed by atoms with Crippen molar-refractivity contribution in [2.24, 2.45) is 7.05 Å². The molecule has 0 amide bonds. The van der Waals surface area contributed by atoms with Gasteiger partial charge in [-0.1, -0.05) is 34.1 Å². The number of hydrogen-bond donors (Lipinski definition) is 0. The highest BCUT2D eigenvalue weighted by atomic mass is 79.9. The van der Waals surface area contributed by atoms with E-state index in [0.29, 0.717) is 5.82 Å². The number of halogens is 1. The fourth-order valence-electron chi connectivity index (χ4n) is 1.82. The van der Waals surface area contributed by atoms with Crippen molar-refractivity contribution in [3.63, 3.8) is 0 Å². The lowest BCUT2D eigenvalue weighted by Crippen LogP contribution is -1.95. The van der Waals surface area contributed by atoms with E-state index in [1.165, 1.54) is 0 Å². The standard InChI is InChI=1S/C14H11BrN4/c1-19-14(12-4-2-3-9-16-12)17-13(18-19)10-5-7-11(15)8-6-10/h2-9H,1H3. The van der Waals surface area contributed by atoms with Crippen molar-refractivity contribution in [3.8, 4) is 22.9 Å². The number of aromatic nitrogens is 4. The number of hydrogen-bond acceptors (Lipinski definition) is 3. The average molecular weight is 315 g/mol. The van der Waals surface area contributed by atoms with Crippen LogP contribution in [0, 0.1) is 0 Å². The molecule has 0 fully saturated rings. The molecular formula is C14H11BrN4. The van der Waals surface area contributed by atoms with Crippen molar-refractivity contribution >= 4 is 15.9 Å². The number of rotatable bonds is 2. The summed E-state index contributed by atoms with van der Waals surface area (Å²) in [7, 11) is 1.87. The lowest BCUT2D eigenvalue weighted by atomic mass is 10.2. The Hall–Kier alpha value is -2.01. The van der Waals surface area contributed by atoms with E-state index < -0.39 is 0 Å². The molecule has 0 atom stereocenters. The first-order valence-electron chi connectivity index (χ1n) is 5.82. The first-order chi connectivity index (χ1) is 9.24. The quantitative estimate of drug-likeness (QED) is 0.729. The minimum Gasteiger partial charge on any atom is -0.253 e. The van der Waals surface area contributed by atoms with Gasteiger partial charge in [0.05, 0.1) is 0 Å². The zero-order valence-electron chi connectivity index (χ0n) is 10.3. The summed E-state index contributed by atoms with van der Waals surface area (Å²) >= 11 is 3.42. The molecule has 0 bridgehead atoms. The minimum absolute atomic E-state index is 0.704. The van der Waals surface area contributed by atoms with Crippen LogP contribution in [0.3, 0.4) is 0 Å². The molecule has 3 rings (SSSR count). The fourth-order valence-corrected chi connectivity index (χ4v) is 2.09. The molecule has 0 aliphatic carbocycles. The molecule has 0 radical (unpaired) electrons. The number of pyridine rings is 1. The van der Waals surface area contributed by atoms with E-state index in [1.54, 1.807) is 10.9 Å². The topological polar surface area (TPSA) is 43.6 Å². The van der Waals surface area contributed by atoms with Gasteiger partial charge in [0.25, 0.3) is 0 Å². The highest BCUT2D eigenvalue weighted by Crippen LogP contribution is 2.21. The maximum atomic E-state index is 4.55. The van der Waals surface area contributed by atoms with Gasteiger partial charge in [-0.25, -0.2) is 9.67 Å². The Balaban J connectivity index is 2.04. The molecule has 3 aromatic rings. The summed E-state index contributed by atoms with van der Waals surface area (Å²) in [4.78, 5) is 8.85. The van der Waals surface area contributed by atoms with E-state index >= 15 is 0 Å². The molecule has 0 N–H and O–H groups in total. The molecular weight excluding hydrogens is 304 g/mol. The molecule has 19 heavy (non-hydrogen) atoms. The monoisotopic (exact) mass is 314 g/mol. The summed E-state index contributed by atoms with van der Waals surface area (Å²) in [5, 5.41) is 4.44. The van der Waals surface area contributed by atoms with Gasteiger partial charge in [-0.2, -0.15) is 5.10 Å². The average Bonchev–Trinajstić information content (AvgIpc) is 2.83. The summed E-state index contributed by atoms with van der Waals surface area (Å²) in [5.74, 6) is 1.47. The van der Waals surface area contributed by atoms with Crippen LogP contribution in [0.4, 0.5) is 0 Å². The second kappa shape index (κ2) is 4.93. The molecule has 0 saturated carbocycles. The van der Waals surface area contributed by atoms with Crippen LogP contribution in [0.15, 0.2) is 53.1 Å². The smallest absolute Gasteiger partial charge is 0.181 e. The van der Waals surface area contributed by atoms with Gasteiger partial charge in [-0.15, -0.1) is 0 Å². The Morgan fingerprint density at radius 3 is 2.53 bits per heavy atom.